The van der Waals surface area contributed by atoms with Gasteiger partial charge in [0.2, 0.25) is 0 Å². The number of carboxylic acid groups (broad SMARTS) is 1. The predicted molar refractivity (Wildman–Crippen MR) is 95.8 cm³/mol. The monoisotopic (exact) mass is 348 g/mol. The van der Waals surface area contributed by atoms with E-state index in [1.165, 1.54) is 0 Å². The molecular formula is C19H28N2O4. The molecule has 6 heteroatoms. The van der Waals surface area contributed by atoms with Gasteiger partial charge in [-0.05, 0) is 37.9 Å². The lowest BCUT2D eigenvalue weighted by Crippen LogP contribution is -2.52. The number of piperazine rings is 1. The van der Waals surface area contributed by atoms with E-state index in [-0.39, 0.29) is 12.3 Å². The van der Waals surface area contributed by atoms with Gasteiger partial charge in [-0.15, -0.1) is 0 Å². The smallest absolute Gasteiger partial charge is 0.303 e. The van der Waals surface area contributed by atoms with Crippen LogP contribution in [0.2, 0.25) is 0 Å². The second-order valence-electron chi connectivity index (χ2n) is 6.39. The van der Waals surface area contributed by atoms with Crippen LogP contribution < -0.4 is 4.74 Å². The molecule has 2 rings (SSSR count). The molecule has 1 aliphatic rings. The van der Waals surface area contributed by atoms with Crippen molar-refractivity contribution in [1.82, 2.24) is 9.80 Å². The summed E-state index contributed by atoms with van der Waals surface area (Å²) in [5.41, 5.74) is 1.10. The Hall–Kier alpha value is -2.08. The van der Waals surface area contributed by atoms with Gasteiger partial charge in [-0.1, -0.05) is 25.1 Å². The molecule has 1 atom stereocenters. The molecule has 1 saturated heterocycles. The third kappa shape index (κ3) is 5.74. The number of aliphatic carboxylic acids is 1. The molecule has 1 N–H and O–H groups in total. The maximum atomic E-state index is 12.6. The van der Waals surface area contributed by atoms with Crippen molar-refractivity contribution in [3.05, 3.63) is 29.8 Å². The first-order chi connectivity index (χ1) is 12.0. The Labute approximate surface area is 149 Å². The lowest BCUT2D eigenvalue weighted by atomic mass is 10.1. The number of carboxylic acids is 1. The zero-order valence-electron chi connectivity index (χ0n) is 15.1. The summed E-state index contributed by atoms with van der Waals surface area (Å²) in [4.78, 5) is 27.2. The molecule has 6 nitrogen and oxygen atoms in total. The molecule has 1 aliphatic heterocycles. The largest absolute Gasteiger partial charge is 0.481 e. The Bertz CT molecular complexity index is 583. The molecule has 1 heterocycles. The molecule has 0 spiro atoms. The van der Waals surface area contributed by atoms with Crippen LogP contribution in [-0.2, 0) is 16.0 Å². The van der Waals surface area contributed by atoms with E-state index in [2.05, 4.69) is 11.8 Å². The van der Waals surface area contributed by atoms with E-state index in [0.29, 0.717) is 19.5 Å². The minimum atomic E-state index is -0.757. The highest BCUT2D eigenvalue weighted by Crippen LogP contribution is 2.20. The van der Waals surface area contributed by atoms with Crippen LogP contribution in [0.1, 0.15) is 32.3 Å². The number of rotatable bonds is 8. The van der Waals surface area contributed by atoms with Crippen molar-refractivity contribution in [2.24, 2.45) is 0 Å². The molecule has 25 heavy (non-hydrogen) atoms. The number of benzene rings is 1. The lowest BCUT2D eigenvalue weighted by molar-refractivity contribution is -0.139. The van der Waals surface area contributed by atoms with Gasteiger partial charge in [-0.25, -0.2) is 0 Å². The summed E-state index contributed by atoms with van der Waals surface area (Å²) in [5, 5.41) is 8.69. The highest BCUT2D eigenvalue weighted by Gasteiger charge is 2.26. The van der Waals surface area contributed by atoms with Gasteiger partial charge in [0, 0.05) is 32.6 Å². The minimum absolute atomic E-state index is 0.0103. The summed E-state index contributed by atoms with van der Waals surface area (Å²) in [6, 6.07) is 7.81. The third-order valence-electron chi connectivity index (χ3n) is 4.55. The Morgan fingerprint density at radius 2 is 1.88 bits per heavy atom. The fourth-order valence-electron chi connectivity index (χ4n) is 3.05. The van der Waals surface area contributed by atoms with Crippen molar-refractivity contribution in [3.63, 3.8) is 0 Å². The molecule has 0 bridgehead atoms. The van der Waals surface area contributed by atoms with Gasteiger partial charge < -0.3 is 14.7 Å². The van der Waals surface area contributed by atoms with Crippen molar-refractivity contribution in [1.29, 1.82) is 0 Å². The van der Waals surface area contributed by atoms with Gasteiger partial charge in [0.05, 0.1) is 0 Å². The summed E-state index contributed by atoms with van der Waals surface area (Å²) in [6.45, 7) is 7.52. The maximum absolute atomic E-state index is 12.6. The molecular weight excluding hydrogens is 320 g/mol. The van der Waals surface area contributed by atoms with Crippen molar-refractivity contribution in [3.8, 4) is 5.75 Å². The molecule has 1 unspecified atom stereocenters. The molecule has 138 valence electrons. The first-order valence-corrected chi connectivity index (χ1v) is 8.98. The average molecular weight is 348 g/mol. The van der Waals surface area contributed by atoms with E-state index in [1.54, 1.807) is 6.92 Å². The number of aryl methyl sites for hydroxylation is 1. The highest BCUT2D eigenvalue weighted by atomic mass is 16.5. The Balaban J connectivity index is 1.80. The van der Waals surface area contributed by atoms with Gasteiger partial charge in [-0.2, -0.15) is 0 Å². The van der Waals surface area contributed by atoms with Crippen molar-refractivity contribution < 1.29 is 19.4 Å². The SMILES string of the molecule is CCc1ccccc1OC(C)C(=O)N1CCN(CCCC(=O)O)CC1. The summed E-state index contributed by atoms with van der Waals surface area (Å²) < 4.78 is 5.90. The predicted octanol–water partition coefficient (Wildman–Crippen LogP) is 2.03. The molecule has 0 saturated carbocycles. The summed E-state index contributed by atoms with van der Waals surface area (Å²) in [6.07, 6.45) is 1.20. The van der Waals surface area contributed by atoms with Gasteiger partial charge in [-0.3, -0.25) is 14.5 Å². The molecule has 0 aliphatic carbocycles. The van der Waals surface area contributed by atoms with Crippen LogP contribution in [0.5, 0.6) is 5.75 Å². The van der Waals surface area contributed by atoms with E-state index < -0.39 is 12.1 Å². The van der Waals surface area contributed by atoms with Crippen LogP contribution in [0.4, 0.5) is 0 Å². The zero-order chi connectivity index (χ0) is 18.2. The molecule has 1 fully saturated rings. The first-order valence-electron chi connectivity index (χ1n) is 8.98. The minimum Gasteiger partial charge on any atom is -0.481 e. The summed E-state index contributed by atoms with van der Waals surface area (Å²) in [7, 11) is 0. The number of ether oxygens (including phenoxy) is 1. The van der Waals surface area contributed by atoms with Crippen LogP contribution >= 0.6 is 0 Å². The van der Waals surface area contributed by atoms with Crippen LogP contribution in [0.25, 0.3) is 0 Å². The number of carbonyl (C=O) groups is 2. The van der Waals surface area contributed by atoms with E-state index in [4.69, 9.17) is 9.84 Å². The van der Waals surface area contributed by atoms with E-state index in [9.17, 15) is 9.59 Å². The van der Waals surface area contributed by atoms with Gasteiger partial charge in [0.25, 0.3) is 5.91 Å². The lowest BCUT2D eigenvalue weighted by Gasteiger charge is -2.35. The van der Waals surface area contributed by atoms with Crippen molar-refractivity contribution in [2.75, 3.05) is 32.7 Å². The van der Waals surface area contributed by atoms with Crippen molar-refractivity contribution in [2.45, 2.75) is 39.2 Å². The number of para-hydroxylation sites is 1. The molecule has 1 amide bonds. The molecule has 0 radical (unpaired) electrons. The number of carbonyl (C=O) groups excluding carboxylic acids is 1. The Morgan fingerprint density at radius 1 is 1.20 bits per heavy atom. The van der Waals surface area contributed by atoms with Crippen LogP contribution in [-0.4, -0.2) is 65.6 Å². The normalized spacial score (nSPS) is 16.5. The number of nitrogens with zero attached hydrogens (tertiary/aromatic N) is 2. The number of hydrogen-bond donors (Lipinski definition) is 1. The van der Waals surface area contributed by atoms with E-state index >= 15 is 0 Å². The Kier molecular flexibility index (Phi) is 7.25. The number of hydrogen-bond acceptors (Lipinski definition) is 4. The fourth-order valence-corrected chi connectivity index (χ4v) is 3.05. The topological polar surface area (TPSA) is 70.1 Å². The van der Waals surface area contributed by atoms with E-state index in [1.807, 2.05) is 29.2 Å². The fraction of sp³-hybridized carbons (Fsp3) is 0.579. The molecule has 0 aromatic heterocycles. The quantitative estimate of drug-likeness (QED) is 0.778. The number of amides is 1. The maximum Gasteiger partial charge on any atom is 0.303 e. The van der Waals surface area contributed by atoms with Crippen molar-refractivity contribution >= 4 is 11.9 Å². The van der Waals surface area contributed by atoms with Crippen LogP contribution in [0.15, 0.2) is 24.3 Å². The first kappa shape index (κ1) is 19.2. The zero-order valence-corrected chi connectivity index (χ0v) is 15.1. The molecule has 1 aromatic rings. The second kappa shape index (κ2) is 9.42. The third-order valence-corrected chi connectivity index (χ3v) is 4.55. The summed E-state index contributed by atoms with van der Waals surface area (Å²) in [5.74, 6) is 0.0291. The average Bonchev–Trinajstić information content (AvgIpc) is 2.62. The van der Waals surface area contributed by atoms with Gasteiger partial charge in [0.15, 0.2) is 6.10 Å². The highest BCUT2D eigenvalue weighted by molar-refractivity contribution is 5.81. The molecule has 1 aromatic carbocycles. The van der Waals surface area contributed by atoms with Gasteiger partial charge >= 0.3 is 5.97 Å². The van der Waals surface area contributed by atoms with Crippen LogP contribution in [0, 0.1) is 0 Å². The Morgan fingerprint density at radius 3 is 2.52 bits per heavy atom. The second-order valence-corrected chi connectivity index (χ2v) is 6.39. The van der Waals surface area contributed by atoms with Crippen LogP contribution in [0.3, 0.4) is 0 Å². The van der Waals surface area contributed by atoms with E-state index in [0.717, 1.165) is 37.4 Å². The standard InChI is InChI=1S/C19H28N2O4/c1-3-16-7-4-5-8-17(16)25-15(2)19(24)21-13-11-20(12-14-21)10-6-9-18(22)23/h4-5,7-8,15H,3,6,9-14H2,1-2H3,(H,22,23). The summed E-state index contributed by atoms with van der Waals surface area (Å²) >= 11 is 0. The van der Waals surface area contributed by atoms with Gasteiger partial charge in [0.1, 0.15) is 5.75 Å².